The number of carbonyl (C=O) groups is 1. The molecule has 0 unspecified atom stereocenters. The third-order valence-electron chi connectivity index (χ3n) is 6.98. The van der Waals surface area contributed by atoms with Crippen molar-refractivity contribution >= 4 is 34.0 Å². The van der Waals surface area contributed by atoms with Crippen LogP contribution in [0.5, 0.6) is 0 Å². The van der Waals surface area contributed by atoms with Crippen molar-refractivity contribution in [2.75, 3.05) is 49.3 Å². The van der Waals surface area contributed by atoms with E-state index in [1.54, 1.807) is 7.05 Å². The number of anilines is 3. The van der Waals surface area contributed by atoms with Gasteiger partial charge in [0.05, 0.1) is 36.0 Å². The fourth-order valence-corrected chi connectivity index (χ4v) is 4.78. The number of carbonyl (C=O) groups excluding carboxylic acids is 1. The lowest BCUT2D eigenvalue weighted by atomic mass is 9.88. The number of ether oxygens (including phenoxy) is 1. The summed E-state index contributed by atoms with van der Waals surface area (Å²) in [5, 5.41) is 11.1. The molecule has 1 saturated heterocycles. The second kappa shape index (κ2) is 11.4. The molecule has 0 bridgehead atoms. The molecule has 0 spiro atoms. The van der Waals surface area contributed by atoms with Gasteiger partial charge in [-0.25, -0.2) is 9.78 Å². The number of fused-ring (bicyclic) bond motifs is 1. The topological polar surface area (TPSA) is 91.4 Å². The summed E-state index contributed by atoms with van der Waals surface area (Å²) in [5.41, 5.74) is 5.27. The van der Waals surface area contributed by atoms with E-state index in [-0.39, 0.29) is 11.4 Å². The molecule has 39 heavy (non-hydrogen) atoms. The molecule has 0 saturated carbocycles. The Balaban J connectivity index is 1.40. The first-order chi connectivity index (χ1) is 18.8. The fraction of sp³-hybridized carbons (Fsp3) is 0.323. The molecule has 8 nitrogen and oxygen atoms in total. The van der Waals surface area contributed by atoms with Crippen LogP contribution in [0.15, 0.2) is 66.9 Å². The van der Waals surface area contributed by atoms with Crippen molar-refractivity contribution in [1.29, 1.82) is 0 Å². The van der Waals surface area contributed by atoms with Gasteiger partial charge in [-0.2, -0.15) is 0 Å². The molecule has 0 radical (unpaired) electrons. The Hall–Kier alpha value is -4.01. The molecule has 0 atom stereocenters. The number of hydrogen-bond acceptors (Lipinski definition) is 6. The highest BCUT2D eigenvalue weighted by atomic mass is 16.5. The molecule has 5 rings (SSSR count). The lowest BCUT2D eigenvalue weighted by Gasteiger charge is -2.26. The van der Waals surface area contributed by atoms with E-state index >= 15 is 0 Å². The molecule has 4 aromatic rings. The normalized spacial score (nSPS) is 14.3. The predicted octanol–water partition coefficient (Wildman–Crippen LogP) is 6.11. The van der Waals surface area contributed by atoms with Crippen LogP contribution in [0.1, 0.15) is 32.0 Å². The zero-order valence-electron chi connectivity index (χ0n) is 23.0. The maximum absolute atomic E-state index is 13.1. The van der Waals surface area contributed by atoms with E-state index in [2.05, 4.69) is 64.8 Å². The van der Waals surface area contributed by atoms with Crippen LogP contribution < -0.4 is 16.0 Å². The number of aromatic nitrogens is 2. The van der Waals surface area contributed by atoms with Crippen molar-refractivity contribution < 1.29 is 9.53 Å². The molecule has 1 aliphatic rings. The van der Waals surface area contributed by atoms with Crippen LogP contribution >= 0.6 is 0 Å². The Morgan fingerprint density at radius 1 is 0.949 bits per heavy atom. The number of pyridine rings is 2. The van der Waals surface area contributed by atoms with Gasteiger partial charge in [-0.05, 0) is 40.6 Å². The average Bonchev–Trinajstić information content (AvgIpc) is 2.93. The molecule has 3 heterocycles. The quantitative estimate of drug-likeness (QED) is 0.282. The van der Waals surface area contributed by atoms with Crippen LogP contribution in [0.2, 0.25) is 0 Å². The van der Waals surface area contributed by atoms with Gasteiger partial charge in [0, 0.05) is 43.8 Å². The molecule has 1 fully saturated rings. The lowest BCUT2D eigenvalue weighted by molar-refractivity contribution is 0.0336. The Bertz CT molecular complexity index is 1470. The first-order valence-corrected chi connectivity index (χ1v) is 13.4. The van der Waals surface area contributed by atoms with Crippen molar-refractivity contribution in [3.05, 3.63) is 78.1 Å². The SMILES string of the molecule is CNc1ncc(C(C)(C)C)cc1NC(=O)Nc1ccc(-c2cccc(CN3CCOCC3)n2)c2ccccc12. The zero-order valence-corrected chi connectivity index (χ0v) is 23.0. The van der Waals surface area contributed by atoms with E-state index in [9.17, 15) is 4.79 Å². The summed E-state index contributed by atoms with van der Waals surface area (Å²) in [7, 11) is 1.79. The van der Waals surface area contributed by atoms with Gasteiger partial charge in [0.1, 0.15) is 5.82 Å². The van der Waals surface area contributed by atoms with Crippen LogP contribution in [-0.4, -0.2) is 54.2 Å². The van der Waals surface area contributed by atoms with Crippen molar-refractivity contribution in [1.82, 2.24) is 14.9 Å². The van der Waals surface area contributed by atoms with Crippen LogP contribution in [0.4, 0.5) is 22.0 Å². The average molecular weight is 525 g/mol. The van der Waals surface area contributed by atoms with Gasteiger partial charge in [0.15, 0.2) is 0 Å². The number of rotatable bonds is 6. The fourth-order valence-electron chi connectivity index (χ4n) is 4.78. The number of morpholine rings is 1. The summed E-state index contributed by atoms with van der Waals surface area (Å²) >= 11 is 0. The number of nitrogens with zero attached hydrogens (tertiary/aromatic N) is 3. The minimum absolute atomic E-state index is 0.0915. The summed E-state index contributed by atoms with van der Waals surface area (Å²) in [5.74, 6) is 0.612. The van der Waals surface area contributed by atoms with E-state index in [1.165, 1.54) is 0 Å². The molecular formula is C31H36N6O2. The molecule has 0 aliphatic carbocycles. The van der Waals surface area contributed by atoms with E-state index in [1.807, 2.05) is 48.7 Å². The predicted molar refractivity (Wildman–Crippen MR) is 158 cm³/mol. The highest BCUT2D eigenvalue weighted by molar-refractivity contribution is 6.10. The zero-order chi connectivity index (χ0) is 27.4. The monoisotopic (exact) mass is 524 g/mol. The van der Waals surface area contributed by atoms with E-state index in [4.69, 9.17) is 9.72 Å². The lowest BCUT2D eigenvalue weighted by Crippen LogP contribution is -2.35. The first-order valence-electron chi connectivity index (χ1n) is 13.4. The highest BCUT2D eigenvalue weighted by Gasteiger charge is 2.18. The number of amides is 2. The van der Waals surface area contributed by atoms with Gasteiger partial charge in [0.25, 0.3) is 0 Å². The van der Waals surface area contributed by atoms with Crippen LogP contribution in [0, 0.1) is 0 Å². The van der Waals surface area contributed by atoms with Crippen LogP contribution in [-0.2, 0) is 16.7 Å². The number of benzene rings is 2. The smallest absolute Gasteiger partial charge is 0.323 e. The molecule has 8 heteroatoms. The van der Waals surface area contributed by atoms with Gasteiger partial charge in [-0.1, -0.05) is 57.2 Å². The van der Waals surface area contributed by atoms with E-state index < -0.39 is 0 Å². The Kier molecular flexibility index (Phi) is 7.77. The summed E-state index contributed by atoms with van der Waals surface area (Å²) in [6.07, 6.45) is 1.84. The Morgan fingerprint density at radius 3 is 2.44 bits per heavy atom. The third-order valence-corrected chi connectivity index (χ3v) is 6.98. The maximum Gasteiger partial charge on any atom is 0.323 e. The largest absolute Gasteiger partial charge is 0.379 e. The van der Waals surface area contributed by atoms with Crippen molar-refractivity contribution in [3.8, 4) is 11.3 Å². The summed E-state index contributed by atoms with van der Waals surface area (Å²) < 4.78 is 5.48. The standard InChI is InChI=1S/C31H36N6O2/c1-31(2,3)21-18-28(29(32-4)33-19-21)36-30(38)35-27-13-12-25(23-9-5-6-10-24(23)27)26-11-7-8-22(34-26)20-37-14-16-39-17-15-37/h5-13,18-19H,14-17,20H2,1-4H3,(H,32,33)(H2,35,36,38). The number of hydrogen-bond donors (Lipinski definition) is 3. The van der Waals surface area contributed by atoms with Crippen LogP contribution in [0.25, 0.3) is 22.0 Å². The molecular weight excluding hydrogens is 488 g/mol. The van der Waals surface area contributed by atoms with Crippen molar-refractivity contribution in [2.45, 2.75) is 32.7 Å². The Morgan fingerprint density at radius 2 is 1.69 bits per heavy atom. The molecule has 1 aliphatic heterocycles. The maximum atomic E-state index is 13.1. The van der Waals surface area contributed by atoms with Gasteiger partial charge in [-0.3, -0.25) is 9.88 Å². The molecule has 202 valence electrons. The second-order valence-electron chi connectivity index (χ2n) is 10.8. The molecule has 2 aromatic carbocycles. The minimum Gasteiger partial charge on any atom is -0.379 e. The Labute approximate surface area is 229 Å². The number of nitrogens with one attached hydrogen (secondary N) is 3. The van der Waals surface area contributed by atoms with Crippen molar-refractivity contribution in [3.63, 3.8) is 0 Å². The highest BCUT2D eigenvalue weighted by Crippen LogP contribution is 2.33. The van der Waals surface area contributed by atoms with Gasteiger partial charge in [-0.15, -0.1) is 0 Å². The molecule has 2 aromatic heterocycles. The van der Waals surface area contributed by atoms with E-state index in [0.29, 0.717) is 11.5 Å². The van der Waals surface area contributed by atoms with Gasteiger partial charge in [0.2, 0.25) is 0 Å². The minimum atomic E-state index is -0.331. The van der Waals surface area contributed by atoms with Gasteiger partial charge >= 0.3 is 6.03 Å². The van der Waals surface area contributed by atoms with Crippen LogP contribution in [0.3, 0.4) is 0 Å². The summed E-state index contributed by atoms with van der Waals surface area (Å²) in [6, 6.07) is 19.9. The first kappa shape index (κ1) is 26.6. The van der Waals surface area contributed by atoms with E-state index in [0.717, 1.165) is 71.8 Å². The summed E-state index contributed by atoms with van der Waals surface area (Å²) in [6.45, 7) is 10.5. The molecule has 3 N–H and O–H groups in total. The molecule has 2 amide bonds. The van der Waals surface area contributed by atoms with Gasteiger partial charge < -0.3 is 20.7 Å². The second-order valence-corrected chi connectivity index (χ2v) is 10.8. The summed E-state index contributed by atoms with van der Waals surface area (Å²) in [4.78, 5) is 25.0. The third kappa shape index (κ3) is 6.19. The number of urea groups is 1. The van der Waals surface area contributed by atoms with Crippen molar-refractivity contribution in [2.24, 2.45) is 0 Å².